The van der Waals surface area contributed by atoms with E-state index in [-0.39, 0.29) is 22.7 Å². The Balaban J connectivity index is 2.22. The van der Waals surface area contributed by atoms with Gasteiger partial charge in [-0.05, 0) is 25.3 Å². The highest BCUT2D eigenvalue weighted by atomic mass is 35.5. The Labute approximate surface area is 128 Å². The van der Waals surface area contributed by atoms with Crippen LogP contribution in [0, 0.1) is 17.0 Å². The first-order valence-corrected chi connectivity index (χ1v) is 7.63. The molecule has 1 aliphatic carbocycles. The van der Waals surface area contributed by atoms with E-state index in [0.29, 0.717) is 5.56 Å². The highest BCUT2D eigenvalue weighted by molar-refractivity contribution is 6.21. The summed E-state index contributed by atoms with van der Waals surface area (Å²) in [5, 5.41) is 13.9. The number of alkyl halides is 1. The van der Waals surface area contributed by atoms with E-state index >= 15 is 0 Å². The summed E-state index contributed by atoms with van der Waals surface area (Å²) in [7, 11) is 0. The van der Waals surface area contributed by atoms with Crippen LogP contribution in [-0.2, 0) is 0 Å². The van der Waals surface area contributed by atoms with Gasteiger partial charge in [-0.3, -0.25) is 14.9 Å². The van der Waals surface area contributed by atoms with Crippen molar-refractivity contribution in [1.82, 2.24) is 5.32 Å². The van der Waals surface area contributed by atoms with Gasteiger partial charge in [-0.15, -0.1) is 11.6 Å². The number of nitrogens with one attached hydrogen (secondary N) is 1. The van der Waals surface area contributed by atoms with Gasteiger partial charge >= 0.3 is 0 Å². The minimum absolute atomic E-state index is 0.112. The minimum atomic E-state index is -0.521. The van der Waals surface area contributed by atoms with Crippen molar-refractivity contribution < 1.29 is 9.72 Å². The zero-order valence-corrected chi connectivity index (χ0v) is 12.7. The maximum Gasteiger partial charge on any atom is 0.282 e. The quantitative estimate of drug-likeness (QED) is 0.401. The SMILES string of the molecule is Cc1cccc([N+](=O)[O-])c1C(=O)NC1CCCCCC1Cl. The summed E-state index contributed by atoms with van der Waals surface area (Å²) in [6, 6.07) is 4.52. The van der Waals surface area contributed by atoms with E-state index in [0.717, 1.165) is 32.1 Å². The molecule has 114 valence electrons. The average Bonchev–Trinajstić information content (AvgIpc) is 2.63. The predicted octanol–water partition coefficient (Wildman–Crippen LogP) is 3.57. The summed E-state index contributed by atoms with van der Waals surface area (Å²) in [4.78, 5) is 23.0. The second kappa shape index (κ2) is 6.89. The number of carbonyl (C=O) groups excluding carboxylic acids is 1. The van der Waals surface area contributed by atoms with Gasteiger partial charge in [0.25, 0.3) is 11.6 Å². The molecule has 2 atom stereocenters. The van der Waals surface area contributed by atoms with Crippen LogP contribution in [-0.4, -0.2) is 22.2 Å². The van der Waals surface area contributed by atoms with Crippen LogP contribution >= 0.6 is 11.6 Å². The summed E-state index contributed by atoms with van der Waals surface area (Å²) in [5.41, 5.74) is 0.573. The first-order valence-electron chi connectivity index (χ1n) is 7.19. The Morgan fingerprint density at radius 1 is 1.33 bits per heavy atom. The maximum absolute atomic E-state index is 12.4. The van der Waals surface area contributed by atoms with E-state index in [1.807, 2.05) is 0 Å². The average molecular weight is 311 g/mol. The molecule has 1 aromatic rings. The van der Waals surface area contributed by atoms with Gasteiger partial charge in [0.05, 0.1) is 10.3 Å². The van der Waals surface area contributed by atoms with Crippen molar-refractivity contribution >= 4 is 23.2 Å². The monoisotopic (exact) mass is 310 g/mol. The lowest BCUT2D eigenvalue weighted by Crippen LogP contribution is -2.41. The molecule has 2 unspecified atom stereocenters. The Bertz CT molecular complexity index is 548. The van der Waals surface area contributed by atoms with Crippen LogP contribution in [0.1, 0.15) is 48.0 Å². The Morgan fingerprint density at radius 2 is 2.05 bits per heavy atom. The van der Waals surface area contributed by atoms with Crippen LogP contribution in [0.2, 0.25) is 0 Å². The number of benzene rings is 1. The molecule has 1 aromatic carbocycles. The van der Waals surface area contributed by atoms with Crippen molar-refractivity contribution in [3.05, 3.63) is 39.4 Å². The molecule has 6 heteroatoms. The third-order valence-electron chi connectivity index (χ3n) is 3.92. The molecule has 2 rings (SSSR count). The van der Waals surface area contributed by atoms with Crippen LogP contribution in [0.3, 0.4) is 0 Å². The molecule has 5 nitrogen and oxygen atoms in total. The molecule has 0 saturated heterocycles. The molecule has 1 saturated carbocycles. The third kappa shape index (κ3) is 3.73. The molecule has 1 aliphatic rings. The first-order chi connectivity index (χ1) is 10.0. The number of rotatable bonds is 3. The standard InChI is InChI=1S/C15H19ClN2O3/c1-10-6-5-9-13(18(20)21)14(10)15(19)17-12-8-4-2-3-7-11(12)16/h5-6,9,11-12H,2-4,7-8H2,1H3,(H,17,19). The fourth-order valence-electron chi connectivity index (χ4n) is 2.77. The number of hydrogen-bond acceptors (Lipinski definition) is 3. The molecule has 0 aliphatic heterocycles. The van der Waals surface area contributed by atoms with E-state index < -0.39 is 10.8 Å². The van der Waals surface area contributed by atoms with Crippen LogP contribution in [0.5, 0.6) is 0 Å². The van der Waals surface area contributed by atoms with Gasteiger partial charge in [0.15, 0.2) is 0 Å². The van der Waals surface area contributed by atoms with Gasteiger partial charge in [-0.1, -0.05) is 31.4 Å². The number of nitrogens with zero attached hydrogens (tertiary/aromatic N) is 1. The van der Waals surface area contributed by atoms with Crippen molar-refractivity contribution in [2.24, 2.45) is 0 Å². The lowest BCUT2D eigenvalue weighted by atomic mass is 10.0. The molecule has 1 amide bonds. The van der Waals surface area contributed by atoms with Crippen LogP contribution in [0.15, 0.2) is 18.2 Å². The van der Waals surface area contributed by atoms with Gasteiger partial charge in [-0.2, -0.15) is 0 Å². The van der Waals surface area contributed by atoms with E-state index in [2.05, 4.69) is 5.32 Å². The molecule has 0 bridgehead atoms. The number of aryl methyl sites for hydroxylation is 1. The molecule has 0 spiro atoms. The van der Waals surface area contributed by atoms with E-state index in [1.165, 1.54) is 6.07 Å². The van der Waals surface area contributed by atoms with Crippen molar-refractivity contribution in [3.8, 4) is 0 Å². The topological polar surface area (TPSA) is 72.2 Å². The third-order valence-corrected chi connectivity index (χ3v) is 4.45. The normalized spacial score (nSPS) is 22.4. The van der Waals surface area contributed by atoms with Crippen molar-refractivity contribution in [2.75, 3.05) is 0 Å². The summed E-state index contributed by atoms with van der Waals surface area (Å²) in [5.74, 6) is -0.405. The van der Waals surface area contributed by atoms with E-state index in [9.17, 15) is 14.9 Å². The Morgan fingerprint density at radius 3 is 2.76 bits per heavy atom. The van der Waals surface area contributed by atoms with Crippen molar-refractivity contribution in [2.45, 2.75) is 50.4 Å². The molecule has 1 fully saturated rings. The molecule has 0 heterocycles. The lowest BCUT2D eigenvalue weighted by Gasteiger charge is -2.21. The number of nitro groups is 1. The molecular formula is C15H19ClN2O3. The van der Waals surface area contributed by atoms with E-state index in [4.69, 9.17) is 11.6 Å². The zero-order valence-electron chi connectivity index (χ0n) is 12.0. The van der Waals surface area contributed by atoms with Gasteiger partial charge < -0.3 is 5.32 Å². The molecule has 0 radical (unpaired) electrons. The van der Waals surface area contributed by atoms with Gasteiger partial charge in [0.2, 0.25) is 0 Å². The molecule has 1 N–H and O–H groups in total. The molecule has 21 heavy (non-hydrogen) atoms. The largest absolute Gasteiger partial charge is 0.348 e. The van der Waals surface area contributed by atoms with Gasteiger partial charge in [0.1, 0.15) is 5.56 Å². The number of hydrogen-bond donors (Lipinski definition) is 1. The molecular weight excluding hydrogens is 292 g/mol. The second-order valence-electron chi connectivity index (χ2n) is 5.46. The summed E-state index contributed by atoms with van der Waals surface area (Å²) in [6.45, 7) is 1.70. The highest BCUT2D eigenvalue weighted by Gasteiger charge is 2.27. The van der Waals surface area contributed by atoms with Crippen LogP contribution in [0.4, 0.5) is 5.69 Å². The first kappa shape index (κ1) is 15.8. The summed E-state index contributed by atoms with van der Waals surface area (Å²) >= 11 is 6.31. The fourth-order valence-corrected chi connectivity index (χ4v) is 3.11. The number of halogens is 1. The summed E-state index contributed by atoms with van der Waals surface area (Å²) in [6.07, 6.45) is 4.87. The number of nitro benzene ring substituents is 1. The Hall–Kier alpha value is -1.62. The second-order valence-corrected chi connectivity index (χ2v) is 6.02. The van der Waals surface area contributed by atoms with Crippen LogP contribution < -0.4 is 5.32 Å². The van der Waals surface area contributed by atoms with E-state index in [1.54, 1.807) is 19.1 Å². The lowest BCUT2D eigenvalue weighted by molar-refractivity contribution is -0.385. The zero-order chi connectivity index (χ0) is 15.4. The predicted molar refractivity (Wildman–Crippen MR) is 81.8 cm³/mol. The smallest absolute Gasteiger partial charge is 0.282 e. The molecule has 0 aromatic heterocycles. The maximum atomic E-state index is 12.4. The minimum Gasteiger partial charge on any atom is -0.348 e. The Kier molecular flexibility index (Phi) is 5.17. The number of carbonyl (C=O) groups is 1. The van der Waals surface area contributed by atoms with Crippen molar-refractivity contribution in [3.63, 3.8) is 0 Å². The number of amides is 1. The van der Waals surface area contributed by atoms with Crippen molar-refractivity contribution in [1.29, 1.82) is 0 Å². The van der Waals surface area contributed by atoms with Gasteiger partial charge in [0, 0.05) is 12.1 Å². The van der Waals surface area contributed by atoms with Crippen LogP contribution in [0.25, 0.3) is 0 Å². The fraction of sp³-hybridized carbons (Fsp3) is 0.533. The van der Waals surface area contributed by atoms with Gasteiger partial charge in [-0.25, -0.2) is 0 Å². The highest BCUT2D eigenvalue weighted by Crippen LogP contribution is 2.25. The summed E-state index contributed by atoms with van der Waals surface area (Å²) < 4.78 is 0.